The molecule has 2 atom stereocenters. The van der Waals surface area contributed by atoms with E-state index in [-0.39, 0.29) is 11.8 Å². The van der Waals surface area contributed by atoms with Gasteiger partial charge in [0.25, 0.3) is 0 Å². The topological polar surface area (TPSA) is 50.2 Å². The first-order chi connectivity index (χ1) is 16.1. The first-order valence-electron chi connectivity index (χ1n) is 12.6. The summed E-state index contributed by atoms with van der Waals surface area (Å²) in [5, 5.41) is 3.39. The lowest BCUT2D eigenvalue weighted by molar-refractivity contribution is -0.126. The van der Waals surface area contributed by atoms with E-state index in [0.717, 1.165) is 50.4 Å². The third kappa shape index (κ3) is 4.78. The van der Waals surface area contributed by atoms with Crippen molar-refractivity contribution in [1.29, 1.82) is 0 Å². The van der Waals surface area contributed by atoms with E-state index in [1.165, 1.54) is 35.9 Å². The molecule has 0 unspecified atom stereocenters. The van der Waals surface area contributed by atoms with Crippen molar-refractivity contribution < 1.29 is 4.79 Å². The minimum atomic E-state index is 0.116. The number of rotatable bonds is 5. The van der Waals surface area contributed by atoms with Crippen LogP contribution in [0, 0.1) is 18.8 Å². The number of carbonyl (C=O) groups excluding carboxylic acids is 1. The lowest BCUT2D eigenvalue weighted by Crippen LogP contribution is -2.47. The van der Waals surface area contributed by atoms with E-state index in [2.05, 4.69) is 77.2 Å². The van der Waals surface area contributed by atoms with E-state index in [9.17, 15) is 4.79 Å². The van der Waals surface area contributed by atoms with Gasteiger partial charge in [0.05, 0.1) is 17.6 Å². The zero-order valence-electron chi connectivity index (χ0n) is 20.0. The summed E-state index contributed by atoms with van der Waals surface area (Å²) in [5.41, 5.74) is 4.76. The Morgan fingerprint density at radius 3 is 2.61 bits per heavy atom. The molecule has 1 aliphatic heterocycles. The lowest BCUT2D eigenvalue weighted by atomic mass is 9.85. The molecule has 3 aromatic rings. The molecular formula is C28H36N4O. The third-order valence-electron chi connectivity index (χ3n) is 7.65. The zero-order valence-corrected chi connectivity index (χ0v) is 20.0. The van der Waals surface area contributed by atoms with E-state index in [0.29, 0.717) is 12.0 Å². The van der Waals surface area contributed by atoms with E-state index >= 15 is 0 Å². The van der Waals surface area contributed by atoms with Gasteiger partial charge in [-0.05, 0) is 56.2 Å². The fourth-order valence-electron chi connectivity index (χ4n) is 5.63. The van der Waals surface area contributed by atoms with E-state index < -0.39 is 0 Å². The summed E-state index contributed by atoms with van der Waals surface area (Å²) in [7, 11) is 0. The molecule has 0 radical (unpaired) electrons. The number of fused-ring (bicyclic) bond motifs is 1. The molecule has 0 spiro atoms. The van der Waals surface area contributed by atoms with Crippen LogP contribution in [-0.2, 0) is 11.3 Å². The first kappa shape index (κ1) is 22.0. The number of benzene rings is 2. The Morgan fingerprint density at radius 1 is 1.03 bits per heavy atom. The number of amides is 1. The highest BCUT2D eigenvalue weighted by atomic mass is 16.2. The highest BCUT2D eigenvalue weighted by molar-refractivity contribution is 5.80. The smallest absolute Gasteiger partial charge is 0.223 e. The summed E-state index contributed by atoms with van der Waals surface area (Å²) in [6, 6.07) is 17.5. The summed E-state index contributed by atoms with van der Waals surface area (Å²) in [6.07, 6.45) is 6.69. The molecule has 2 heterocycles. The highest BCUT2D eigenvalue weighted by Crippen LogP contribution is 2.29. The first-order valence-corrected chi connectivity index (χ1v) is 12.6. The normalized spacial score (nSPS) is 21.9. The van der Waals surface area contributed by atoms with Crippen LogP contribution in [0.1, 0.15) is 56.6 Å². The molecule has 5 nitrogen and oxygen atoms in total. The van der Waals surface area contributed by atoms with Gasteiger partial charge < -0.3 is 14.8 Å². The van der Waals surface area contributed by atoms with Crippen LogP contribution < -0.4 is 10.2 Å². The van der Waals surface area contributed by atoms with Gasteiger partial charge >= 0.3 is 0 Å². The summed E-state index contributed by atoms with van der Waals surface area (Å²) in [5.74, 6) is 2.01. The van der Waals surface area contributed by atoms with Gasteiger partial charge in [-0.3, -0.25) is 4.79 Å². The summed E-state index contributed by atoms with van der Waals surface area (Å²) in [4.78, 5) is 20.4. The van der Waals surface area contributed by atoms with Gasteiger partial charge in [-0.2, -0.15) is 0 Å². The van der Waals surface area contributed by atoms with Gasteiger partial charge in [0, 0.05) is 25.0 Å². The molecule has 1 aromatic heterocycles. The Bertz CT molecular complexity index is 1110. The minimum Gasteiger partial charge on any atom is -0.353 e. The van der Waals surface area contributed by atoms with E-state index in [1.54, 1.807) is 0 Å². The molecule has 1 N–H and O–H groups in total. The predicted molar refractivity (Wildman–Crippen MR) is 135 cm³/mol. The van der Waals surface area contributed by atoms with Crippen molar-refractivity contribution in [3.63, 3.8) is 0 Å². The van der Waals surface area contributed by atoms with Crippen molar-refractivity contribution in [2.45, 2.75) is 65.0 Å². The molecule has 33 heavy (non-hydrogen) atoms. The second kappa shape index (κ2) is 9.58. The van der Waals surface area contributed by atoms with Crippen molar-refractivity contribution >= 4 is 22.9 Å². The maximum atomic E-state index is 13.0. The van der Waals surface area contributed by atoms with Crippen molar-refractivity contribution in [2.75, 3.05) is 18.0 Å². The number of para-hydroxylation sites is 2. The van der Waals surface area contributed by atoms with Gasteiger partial charge in [-0.1, -0.05) is 61.7 Å². The van der Waals surface area contributed by atoms with Gasteiger partial charge in [-0.25, -0.2) is 4.98 Å². The maximum Gasteiger partial charge on any atom is 0.223 e. The fourth-order valence-corrected chi connectivity index (χ4v) is 5.63. The number of piperidine rings is 1. The van der Waals surface area contributed by atoms with Crippen LogP contribution in [0.2, 0.25) is 0 Å². The number of hydrogen-bond donors (Lipinski definition) is 1. The molecule has 2 aromatic carbocycles. The molecule has 1 saturated carbocycles. The second-order valence-corrected chi connectivity index (χ2v) is 10.1. The minimum absolute atomic E-state index is 0.116. The third-order valence-corrected chi connectivity index (χ3v) is 7.65. The molecule has 0 bridgehead atoms. The maximum absolute atomic E-state index is 13.0. The standard InChI is InChI=1S/C28H36N4O/c1-20-8-7-10-22(18-20)19-32-26-13-6-5-12-25(26)30-28(32)31-16-14-23(15-17-31)27(33)29-24-11-4-3-9-21(24)2/h5-8,10,12-13,18,21,23-24H,3-4,9,11,14-17,19H2,1-2H3,(H,29,33)/t21-,24-/m1/s1. The van der Waals surface area contributed by atoms with Gasteiger partial charge in [-0.15, -0.1) is 0 Å². The molecular weight excluding hydrogens is 408 g/mol. The Hall–Kier alpha value is -2.82. The average molecular weight is 445 g/mol. The molecule has 5 heteroatoms. The van der Waals surface area contributed by atoms with Crippen LogP contribution in [0.25, 0.3) is 11.0 Å². The van der Waals surface area contributed by atoms with Crippen molar-refractivity contribution in [3.05, 3.63) is 59.7 Å². The molecule has 174 valence electrons. The van der Waals surface area contributed by atoms with Gasteiger partial charge in [0.2, 0.25) is 11.9 Å². The predicted octanol–water partition coefficient (Wildman–Crippen LogP) is 5.30. The molecule has 1 saturated heterocycles. The fraction of sp³-hybridized carbons (Fsp3) is 0.500. The van der Waals surface area contributed by atoms with Crippen LogP contribution in [0.4, 0.5) is 5.95 Å². The van der Waals surface area contributed by atoms with Gasteiger partial charge in [0.1, 0.15) is 0 Å². The van der Waals surface area contributed by atoms with Crippen LogP contribution in [0.5, 0.6) is 0 Å². The van der Waals surface area contributed by atoms with Crippen LogP contribution in [0.3, 0.4) is 0 Å². The number of hydrogen-bond acceptors (Lipinski definition) is 3. The lowest BCUT2D eigenvalue weighted by Gasteiger charge is -2.35. The highest BCUT2D eigenvalue weighted by Gasteiger charge is 2.30. The van der Waals surface area contributed by atoms with Crippen molar-refractivity contribution in [2.24, 2.45) is 11.8 Å². The van der Waals surface area contributed by atoms with Crippen LogP contribution in [-0.4, -0.2) is 34.6 Å². The van der Waals surface area contributed by atoms with Crippen LogP contribution >= 0.6 is 0 Å². The Balaban J connectivity index is 1.30. The Morgan fingerprint density at radius 2 is 1.82 bits per heavy atom. The number of nitrogens with one attached hydrogen (secondary N) is 1. The largest absolute Gasteiger partial charge is 0.353 e. The number of anilines is 1. The number of carbonyl (C=O) groups is 1. The number of aromatic nitrogens is 2. The molecule has 5 rings (SSSR count). The summed E-state index contributed by atoms with van der Waals surface area (Å²) >= 11 is 0. The SMILES string of the molecule is Cc1cccc(Cn2c(N3CCC(C(=O)N[C@@H]4CCCC[C@H]4C)CC3)nc3ccccc32)c1. The quantitative estimate of drug-likeness (QED) is 0.581. The average Bonchev–Trinajstić information content (AvgIpc) is 3.19. The molecule has 2 fully saturated rings. The zero-order chi connectivity index (χ0) is 22.8. The molecule has 1 amide bonds. The number of imidazole rings is 1. The number of aryl methyl sites for hydroxylation is 1. The Labute approximate surface area is 197 Å². The van der Waals surface area contributed by atoms with Gasteiger partial charge in [0.15, 0.2) is 0 Å². The monoisotopic (exact) mass is 444 g/mol. The van der Waals surface area contributed by atoms with E-state index in [1.807, 2.05) is 0 Å². The second-order valence-electron chi connectivity index (χ2n) is 10.1. The van der Waals surface area contributed by atoms with E-state index in [4.69, 9.17) is 4.98 Å². The van der Waals surface area contributed by atoms with Crippen molar-refractivity contribution in [3.8, 4) is 0 Å². The Kier molecular flexibility index (Phi) is 6.39. The molecule has 1 aliphatic carbocycles. The summed E-state index contributed by atoms with van der Waals surface area (Å²) < 4.78 is 2.34. The summed E-state index contributed by atoms with van der Waals surface area (Å²) in [6.45, 7) is 6.97. The van der Waals surface area contributed by atoms with Crippen molar-refractivity contribution in [1.82, 2.24) is 14.9 Å². The van der Waals surface area contributed by atoms with Crippen LogP contribution in [0.15, 0.2) is 48.5 Å². The number of nitrogens with zero attached hydrogens (tertiary/aromatic N) is 3. The molecule has 2 aliphatic rings.